The molecular formula is C16H19N3O2. The van der Waals surface area contributed by atoms with Gasteiger partial charge in [-0.05, 0) is 25.0 Å². The van der Waals surface area contributed by atoms with Crippen molar-refractivity contribution in [3.63, 3.8) is 0 Å². The topological polar surface area (TPSA) is 49.6 Å². The zero-order valence-corrected chi connectivity index (χ0v) is 11.9. The Morgan fingerprint density at radius 2 is 2.10 bits per heavy atom. The smallest absolute Gasteiger partial charge is 0.180 e. The summed E-state index contributed by atoms with van der Waals surface area (Å²) in [5, 5.41) is 5.35. The quantitative estimate of drug-likeness (QED) is 0.789. The molecule has 4 rings (SSSR count). The average molecular weight is 285 g/mol. The van der Waals surface area contributed by atoms with E-state index in [0.717, 1.165) is 62.1 Å². The zero-order valence-electron chi connectivity index (χ0n) is 11.9. The fourth-order valence-electron chi connectivity index (χ4n) is 3.61. The molecule has 0 N–H and O–H groups in total. The molecule has 0 unspecified atom stereocenters. The maximum Gasteiger partial charge on any atom is 0.180 e. The lowest BCUT2D eigenvalue weighted by molar-refractivity contribution is -0.113. The number of anilines is 1. The summed E-state index contributed by atoms with van der Waals surface area (Å²) in [7, 11) is 0. The summed E-state index contributed by atoms with van der Waals surface area (Å²) in [5.74, 6) is 1.18. The molecule has 0 radical (unpaired) electrons. The van der Waals surface area contributed by atoms with Gasteiger partial charge in [0.1, 0.15) is 6.29 Å². The molecule has 5 nitrogen and oxygen atoms in total. The third-order valence-corrected chi connectivity index (χ3v) is 4.79. The lowest BCUT2D eigenvalue weighted by Crippen LogP contribution is -2.56. The van der Waals surface area contributed by atoms with Gasteiger partial charge in [-0.25, -0.2) is 0 Å². The second-order valence-electron chi connectivity index (χ2n) is 6.07. The molecule has 2 aliphatic rings. The first-order valence-electron chi connectivity index (χ1n) is 7.64. The molecule has 2 aromatic rings. The maximum atomic E-state index is 11.0. The van der Waals surface area contributed by atoms with Gasteiger partial charge in [0.25, 0.3) is 0 Å². The number of benzene rings is 1. The van der Waals surface area contributed by atoms with Gasteiger partial charge in [0.15, 0.2) is 11.4 Å². The van der Waals surface area contributed by atoms with Crippen molar-refractivity contribution in [3.8, 4) is 0 Å². The Labute approximate surface area is 123 Å². The lowest BCUT2D eigenvalue weighted by Gasteiger charge is -2.45. The molecule has 0 bridgehead atoms. The van der Waals surface area contributed by atoms with E-state index >= 15 is 0 Å². The van der Waals surface area contributed by atoms with Gasteiger partial charge in [0.05, 0.1) is 5.39 Å². The molecule has 0 saturated carbocycles. The Morgan fingerprint density at radius 1 is 1.19 bits per heavy atom. The van der Waals surface area contributed by atoms with Crippen molar-refractivity contribution in [2.45, 2.75) is 18.9 Å². The van der Waals surface area contributed by atoms with Gasteiger partial charge in [0, 0.05) is 38.1 Å². The number of hydrogen-bond acceptors (Lipinski definition) is 5. The van der Waals surface area contributed by atoms with Gasteiger partial charge < -0.3 is 14.2 Å². The first-order chi connectivity index (χ1) is 10.3. The Morgan fingerprint density at radius 3 is 3.00 bits per heavy atom. The van der Waals surface area contributed by atoms with Crippen LogP contribution in [0.2, 0.25) is 0 Å². The van der Waals surface area contributed by atoms with Gasteiger partial charge in [-0.1, -0.05) is 17.3 Å². The summed E-state index contributed by atoms with van der Waals surface area (Å²) in [4.78, 5) is 15.8. The van der Waals surface area contributed by atoms with Crippen molar-refractivity contribution in [3.05, 3.63) is 24.3 Å². The molecule has 110 valence electrons. The van der Waals surface area contributed by atoms with Gasteiger partial charge in [-0.2, -0.15) is 0 Å². The van der Waals surface area contributed by atoms with Crippen molar-refractivity contribution in [2.75, 3.05) is 31.1 Å². The van der Waals surface area contributed by atoms with E-state index in [0.29, 0.717) is 6.04 Å². The van der Waals surface area contributed by atoms with Crippen molar-refractivity contribution < 1.29 is 9.32 Å². The van der Waals surface area contributed by atoms with Crippen LogP contribution in [0, 0.1) is 5.92 Å². The van der Waals surface area contributed by atoms with E-state index in [4.69, 9.17) is 4.52 Å². The monoisotopic (exact) mass is 285 g/mol. The van der Waals surface area contributed by atoms with Crippen molar-refractivity contribution in [1.82, 2.24) is 10.1 Å². The summed E-state index contributed by atoms with van der Waals surface area (Å²) < 4.78 is 5.42. The molecule has 21 heavy (non-hydrogen) atoms. The Hall–Kier alpha value is -1.88. The van der Waals surface area contributed by atoms with E-state index in [1.807, 2.05) is 18.2 Å². The molecule has 2 atom stereocenters. The average Bonchev–Trinajstić information content (AvgIpc) is 2.98. The fourth-order valence-corrected chi connectivity index (χ4v) is 3.61. The highest BCUT2D eigenvalue weighted by atomic mass is 16.5. The molecule has 1 aromatic heterocycles. The molecule has 2 fully saturated rings. The van der Waals surface area contributed by atoms with Crippen molar-refractivity contribution in [1.29, 1.82) is 0 Å². The SMILES string of the molecule is O=C[C@@H]1CC[C@H]2CN(c3noc4ccccc34)CCN2C1. The first kappa shape index (κ1) is 12.8. The third-order valence-electron chi connectivity index (χ3n) is 4.79. The lowest BCUT2D eigenvalue weighted by atomic mass is 9.92. The largest absolute Gasteiger partial charge is 0.354 e. The number of aldehydes is 1. The molecule has 3 heterocycles. The predicted octanol–water partition coefficient (Wildman–Crippen LogP) is 1.93. The van der Waals surface area contributed by atoms with Crippen LogP contribution in [0.5, 0.6) is 0 Å². The highest BCUT2D eigenvalue weighted by molar-refractivity contribution is 5.88. The number of para-hydroxylation sites is 1. The number of hydrogen-bond donors (Lipinski definition) is 0. The molecular weight excluding hydrogens is 266 g/mol. The molecule has 0 aliphatic carbocycles. The number of aromatic nitrogens is 1. The molecule has 0 amide bonds. The van der Waals surface area contributed by atoms with Crippen LogP contribution in [0.4, 0.5) is 5.82 Å². The minimum absolute atomic E-state index is 0.223. The second-order valence-corrected chi connectivity index (χ2v) is 6.07. The molecule has 2 aliphatic heterocycles. The number of piperidine rings is 1. The Bertz CT molecular complexity index is 654. The number of fused-ring (bicyclic) bond motifs is 2. The highest BCUT2D eigenvalue weighted by Gasteiger charge is 2.33. The van der Waals surface area contributed by atoms with Gasteiger partial charge in [-0.15, -0.1) is 0 Å². The summed E-state index contributed by atoms with van der Waals surface area (Å²) in [6.07, 6.45) is 3.22. The summed E-state index contributed by atoms with van der Waals surface area (Å²) in [5.41, 5.74) is 0.847. The summed E-state index contributed by atoms with van der Waals surface area (Å²) >= 11 is 0. The van der Waals surface area contributed by atoms with Crippen molar-refractivity contribution in [2.24, 2.45) is 5.92 Å². The highest BCUT2D eigenvalue weighted by Crippen LogP contribution is 2.30. The van der Waals surface area contributed by atoms with Crippen molar-refractivity contribution >= 4 is 23.1 Å². The molecule has 5 heteroatoms. The minimum atomic E-state index is 0.223. The predicted molar refractivity (Wildman–Crippen MR) is 80.4 cm³/mol. The van der Waals surface area contributed by atoms with E-state index in [1.54, 1.807) is 0 Å². The van der Waals surface area contributed by atoms with E-state index in [2.05, 4.69) is 21.0 Å². The van der Waals surface area contributed by atoms with E-state index in [9.17, 15) is 4.79 Å². The normalized spacial score (nSPS) is 26.8. The molecule has 1 aromatic carbocycles. The molecule has 0 spiro atoms. The summed E-state index contributed by atoms with van der Waals surface area (Å²) in [6, 6.07) is 8.55. The van der Waals surface area contributed by atoms with Crippen LogP contribution in [0.15, 0.2) is 28.8 Å². The standard InChI is InChI=1S/C16H19N3O2/c20-11-12-5-6-13-10-19(8-7-18(13)9-12)16-14-3-1-2-4-15(14)21-17-16/h1-4,11-13H,5-10H2/t12-,13+/m1/s1. The molecule has 2 saturated heterocycles. The van der Waals surface area contributed by atoms with Crippen LogP contribution in [-0.2, 0) is 4.79 Å². The Kier molecular flexibility index (Phi) is 3.15. The third kappa shape index (κ3) is 2.21. The van der Waals surface area contributed by atoms with E-state index in [-0.39, 0.29) is 5.92 Å². The van der Waals surface area contributed by atoms with Crippen LogP contribution in [-0.4, -0.2) is 48.6 Å². The van der Waals surface area contributed by atoms with E-state index < -0.39 is 0 Å². The zero-order chi connectivity index (χ0) is 14.2. The minimum Gasteiger partial charge on any atom is -0.354 e. The van der Waals surface area contributed by atoms with Gasteiger partial charge in [-0.3, -0.25) is 4.90 Å². The Balaban J connectivity index is 1.55. The number of nitrogens with zero attached hydrogens (tertiary/aromatic N) is 3. The maximum absolute atomic E-state index is 11.0. The first-order valence-corrected chi connectivity index (χ1v) is 7.64. The van der Waals surface area contributed by atoms with Gasteiger partial charge >= 0.3 is 0 Å². The fraction of sp³-hybridized carbons (Fsp3) is 0.500. The number of carbonyl (C=O) groups is 1. The van der Waals surface area contributed by atoms with Crippen LogP contribution < -0.4 is 4.90 Å². The van der Waals surface area contributed by atoms with Crippen LogP contribution in [0.25, 0.3) is 11.0 Å². The van der Waals surface area contributed by atoms with E-state index in [1.165, 1.54) is 0 Å². The number of rotatable bonds is 2. The van der Waals surface area contributed by atoms with Crippen LogP contribution in [0.3, 0.4) is 0 Å². The van der Waals surface area contributed by atoms with Crippen LogP contribution in [0.1, 0.15) is 12.8 Å². The number of carbonyl (C=O) groups excluding carboxylic acids is 1. The summed E-state index contributed by atoms with van der Waals surface area (Å²) in [6.45, 7) is 3.83. The van der Waals surface area contributed by atoms with Crippen LogP contribution >= 0.6 is 0 Å². The van der Waals surface area contributed by atoms with Gasteiger partial charge in [0.2, 0.25) is 0 Å². The second kappa shape index (κ2) is 5.15. The number of piperazine rings is 1.